The molecule has 0 spiro atoms. The highest BCUT2D eigenvalue weighted by molar-refractivity contribution is 7.92. The second kappa shape index (κ2) is 7.43. The van der Waals surface area contributed by atoms with Crippen molar-refractivity contribution in [2.45, 2.75) is 18.7 Å². The smallest absolute Gasteiger partial charge is 0.262 e. The van der Waals surface area contributed by atoms with E-state index in [0.717, 1.165) is 11.1 Å². The van der Waals surface area contributed by atoms with E-state index < -0.39 is 15.8 Å². The number of sulfonamides is 1. The molecule has 136 valence electrons. The molecule has 0 aliphatic carbocycles. The lowest BCUT2D eigenvalue weighted by Gasteiger charge is -2.12. The molecule has 5 nitrogen and oxygen atoms in total. The first-order valence-corrected chi connectivity index (χ1v) is 10.2. The summed E-state index contributed by atoms with van der Waals surface area (Å²) in [6.07, 6.45) is 0. The van der Waals surface area contributed by atoms with Crippen LogP contribution in [-0.4, -0.2) is 20.0 Å². The molecule has 0 amide bonds. The van der Waals surface area contributed by atoms with Gasteiger partial charge in [-0.1, -0.05) is 18.2 Å². The van der Waals surface area contributed by atoms with Crippen molar-refractivity contribution >= 4 is 27.0 Å². The fraction of sp³-hybridized carbons (Fsp3) is 0.167. The Hall–Kier alpha value is -2.45. The van der Waals surface area contributed by atoms with Gasteiger partial charge in [0.1, 0.15) is 0 Å². The topological polar surface area (TPSA) is 68.3 Å². The summed E-state index contributed by atoms with van der Waals surface area (Å²) in [6.45, 7) is 3.90. The summed E-state index contributed by atoms with van der Waals surface area (Å²) in [4.78, 5) is 4.22. The molecule has 1 N–H and O–H groups in total. The van der Waals surface area contributed by atoms with Crippen molar-refractivity contribution in [1.29, 1.82) is 0 Å². The minimum Gasteiger partial charge on any atom is -0.491 e. The summed E-state index contributed by atoms with van der Waals surface area (Å²) in [5.41, 5.74) is 1.72. The van der Waals surface area contributed by atoms with Crippen molar-refractivity contribution in [3.63, 3.8) is 0 Å². The van der Waals surface area contributed by atoms with E-state index in [9.17, 15) is 12.8 Å². The molecule has 0 saturated carbocycles. The maximum Gasteiger partial charge on any atom is 0.262 e. The second-order valence-electron chi connectivity index (χ2n) is 5.43. The van der Waals surface area contributed by atoms with E-state index in [2.05, 4.69) is 9.71 Å². The summed E-state index contributed by atoms with van der Waals surface area (Å²) in [7, 11) is -3.96. The summed E-state index contributed by atoms with van der Waals surface area (Å²) < 4.78 is 47.0. The van der Waals surface area contributed by atoms with Crippen molar-refractivity contribution < 1.29 is 17.5 Å². The highest BCUT2D eigenvalue weighted by Gasteiger charge is 2.19. The fourth-order valence-corrected chi connectivity index (χ4v) is 4.11. The highest BCUT2D eigenvalue weighted by atomic mass is 32.2. The molecule has 0 saturated heterocycles. The summed E-state index contributed by atoms with van der Waals surface area (Å²) in [6, 6.07) is 10.5. The van der Waals surface area contributed by atoms with Crippen molar-refractivity contribution in [3.8, 4) is 17.0 Å². The number of aryl methyl sites for hydroxylation is 1. The van der Waals surface area contributed by atoms with Crippen LogP contribution in [0.4, 0.5) is 10.1 Å². The van der Waals surface area contributed by atoms with Gasteiger partial charge < -0.3 is 4.74 Å². The van der Waals surface area contributed by atoms with Gasteiger partial charge in [0.2, 0.25) is 0 Å². The Morgan fingerprint density at radius 2 is 2.00 bits per heavy atom. The van der Waals surface area contributed by atoms with Crippen molar-refractivity contribution in [3.05, 3.63) is 58.7 Å². The van der Waals surface area contributed by atoms with Crippen molar-refractivity contribution in [2.24, 2.45) is 0 Å². The molecular formula is C18H17FN2O3S2. The number of hydrogen-bond acceptors (Lipinski definition) is 5. The molecule has 0 bridgehead atoms. The van der Waals surface area contributed by atoms with E-state index in [-0.39, 0.29) is 10.6 Å². The number of ether oxygens (including phenoxy) is 1. The zero-order chi connectivity index (χ0) is 18.7. The number of nitrogens with one attached hydrogen (secondary N) is 1. The Morgan fingerprint density at radius 3 is 2.65 bits per heavy atom. The highest BCUT2D eigenvalue weighted by Crippen LogP contribution is 2.31. The van der Waals surface area contributed by atoms with Gasteiger partial charge in [0.25, 0.3) is 10.0 Å². The zero-order valence-corrected chi connectivity index (χ0v) is 15.8. The maximum atomic E-state index is 14.0. The van der Waals surface area contributed by atoms with Gasteiger partial charge in [0.05, 0.1) is 27.9 Å². The molecule has 3 rings (SSSR count). The van der Waals surface area contributed by atoms with Gasteiger partial charge in [-0.15, -0.1) is 11.3 Å². The quantitative estimate of drug-likeness (QED) is 0.673. The van der Waals surface area contributed by atoms with Gasteiger partial charge in [-0.3, -0.25) is 4.72 Å². The van der Waals surface area contributed by atoms with Gasteiger partial charge >= 0.3 is 0 Å². The van der Waals surface area contributed by atoms with Crippen molar-refractivity contribution in [2.75, 3.05) is 11.3 Å². The third-order valence-electron chi connectivity index (χ3n) is 3.58. The summed E-state index contributed by atoms with van der Waals surface area (Å²) >= 11 is 1.48. The Morgan fingerprint density at radius 1 is 1.23 bits per heavy atom. The third-order valence-corrected chi connectivity index (χ3v) is 5.72. The van der Waals surface area contributed by atoms with Crippen LogP contribution in [0, 0.1) is 12.7 Å². The lowest BCUT2D eigenvalue weighted by molar-refractivity contribution is 0.321. The first-order valence-electron chi connectivity index (χ1n) is 7.87. The lowest BCUT2D eigenvalue weighted by atomic mass is 10.1. The van der Waals surface area contributed by atoms with Gasteiger partial charge in [-0.25, -0.2) is 17.8 Å². The molecule has 0 fully saturated rings. The maximum absolute atomic E-state index is 14.0. The summed E-state index contributed by atoms with van der Waals surface area (Å²) in [5, 5.41) is 2.74. The largest absolute Gasteiger partial charge is 0.491 e. The molecule has 1 heterocycles. The predicted molar refractivity (Wildman–Crippen MR) is 101 cm³/mol. The van der Waals surface area contributed by atoms with Gasteiger partial charge in [-0.2, -0.15) is 0 Å². The number of aromatic nitrogens is 1. The molecule has 26 heavy (non-hydrogen) atoms. The standard InChI is InChI=1S/C18H17FN2O3S2/c1-3-24-18-9-8-13(10-15(18)19)26(22,23)21-16-7-5-4-6-14(16)17-11-25-12(2)20-17/h4-11,21H,3H2,1-2H3. The number of hydrogen-bond donors (Lipinski definition) is 1. The third kappa shape index (κ3) is 3.86. The number of benzene rings is 2. The molecular weight excluding hydrogens is 375 g/mol. The molecule has 0 aliphatic rings. The van der Waals surface area contributed by atoms with Crippen LogP contribution < -0.4 is 9.46 Å². The van der Waals surface area contributed by atoms with Crippen LogP contribution in [0.15, 0.2) is 52.7 Å². The van der Waals surface area contributed by atoms with E-state index in [1.165, 1.54) is 23.5 Å². The van der Waals surface area contributed by atoms with Crippen LogP contribution >= 0.6 is 11.3 Å². The first-order chi connectivity index (χ1) is 12.4. The van der Waals surface area contributed by atoms with Crippen LogP contribution in [0.5, 0.6) is 5.75 Å². The average Bonchev–Trinajstić information content (AvgIpc) is 3.03. The van der Waals surface area contributed by atoms with Crippen LogP contribution in [-0.2, 0) is 10.0 Å². The first kappa shape index (κ1) is 18.3. The Balaban J connectivity index is 1.95. The van der Waals surface area contributed by atoms with E-state index >= 15 is 0 Å². The summed E-state index contributed by atoms with van der Waals surface area (Å²) in [5.74, 6) is -0.706. The molecule has 1 aromatic heterocycles. The zero-order valence-electron chi connectivity index (χ0n) is 14.2. The lowest BCUT2D eigenvalue weighted by Crippen LogP contribution is -2.14. The number of halogens is 1. The van der Waals surface area contributed by atoms with Crippen LogP contribution in [0.25, 0.3) is 11.3 Å². The van der Waals surface area contributed by atoms with E-state index in [1.54, 1.807) is 31.2 Å². The minimum atomic E-state index is -3.96. The number of anilines is 1. The van der Waals surface area contributed by atoms with Crippen LogP contribution in [0.1, 0.15) is 11.9 Å². The second-order valence-corrected chi connectivity index (χ2v) is 8.17. The molecule has 2 aromatic carbocycles. The number of rotatable bonds is 6. The SMILES string of the molecule is CCOc1ccc(S(=O)(=O)Nc2ccccc2-c2csc(C)n2)cc1F. The van der Waals surface area contributed by atoms with E-state index in [1.807, 2.05) is 12.3 Å². The Labute approximate surface area is 155 Å². The average molecular weight is 392 g/mol. The van der Waals surface area contributed by atoms with E-state index in [4.69, 9.17) is 4.74 Å². The van der Waals surface area contributed by atoms with Gasteiger partial charge in [0, 0.05) is 10.9 Å². The van der Waals surface area contributed by atoms with Crippen LogP contribution in [0.2, 0.25) is 0 Å². The Kier molecular flexibility index (Phi) is 5.24. The molecule has 0 radical (unpaired) electrons. The molecule has 8 heteroatoms. The van der Waals surface area contributed by atoms with E-state index in [0.29, 0.717) is 23.6 Å². The molecule has 0 unspecified atom stereocenters. The molecule has 0 atom stereocenters. The van der Waals surface area contributed by atoms with Crippen molar-refractivity contribution in [1.82, 2.24) is 4.98 Å². The number of thiazole rings is 1. The minimum absolute atomic E-state index is 0.0183. The number of para-hydroxylation sites is 1. The van der Waals surface area contributed by atoms with Crippen LogP contribution in [0.3, 0.4) is 0 Å². The molecule has 3 aromatic rings. The Bertz CT molecular complexity index is 1030. The predicted octanol–water partition coefficient (Wildman–Crippen LogP) is 4.46. The number of nitrogens with zero attached hydrogens (tertiary/aromatic N) is 1. The monoisotopic (exact) mass is 392 g/mol. The van der Waals surface area contributed by atoms with Gasteiger partial charge in [-0.05, 0) is 38.1 Å². The fourth-order valence-electron chi connectivity index (χ4n) is 2.41. The molecule has 0 aliphatic heterocycles. The normalized spacial score (nSPS) is 11.3. The van der Waals surface area contributed by atoms with Gasteiger partial charge in [0.15, 0.2) is 11.6 Å².